The van der Waals surface area contributed by atoms with Crippen molar-refractivity contribution in [2.24, 2.45) is 0 Å². The van der Waals surface area contributed by atoms with E-state index in [0.717, 1.165) is 48.5 Å². The summed E-state index contributed by atoms with van der Waals surface area (Å²) in [5, 5.41) is 0. The Morgan fingerprint density at radius 3 is 2.86 bits per heavy atom. The number of fused-ring (bicyclic) bond motifs is 1. The third-order valence-electron chi connectivity index (χ3n) is 3.69. The second-order valence-corrected chi connectivity index (χ2v) is 6.54. The van der Waals surface area contributed by atoms with Crippen molar-refractivity contribution < 1.29 is 4.79 Å². The number of nitrogens with zero attached hydrogens (tertiary/aromatic N) is 2. The van der Waals surface area contributed by atoms with Crippen LogP contribution in [0.25, 0.3) is 11.0 Å². The van der Waals surface area contributed by atoms with Gasteiger partial charge in [-0.05, 0) is 37.7 Å². The molecule has 0 bridgehead atoms. The number of amides is 1. The monoisotopic (exact) mass is 319 g/mol. The molecule has 1 heterocycles. The number of imidazole rings is 1. The smallest absolute Gasteiger partial charge is 0.232 e. The van der Waals surface area contributed by atoms with Crippen molar-refractivity contribution in [1.82, 2.24) is 14.9 Å². The first-order valence-electron chi connectivity index (χ1n) is 7.95. The molecule has 0 aliphatic heterocycles. The molecular formula is C17H25N3OS. The van der Waals surface area contributed by atoms with Crippen molar-refractivity contribution >= 4 is 28.7 Å². The summed E-state index contributed by atoms with van der Waals surface area (Å²) in [5.41, 5.74) is 3.28. The molecule has 0 radical (unpaired) electrons. The molecule has 0 aliphatic rings. The molecular weight excluding hydrogens is 294 g/mol. The Hall–Kier alpha value is -1.49. The van der Waals surface area contributed by atoms with Crippen molar-refractivity contribution in [3.63, 3.8) is 0 Å². The van der Waals surface area contributed by atoms with Crippen molar-refractivity contribution in [1.29, 1.82) is 0 Å². The molecule has 0 spiro atoms. The van der Waals surface area contributed by atoms with Crippen molar-refractivity contribution in [2.45, 2.75) is 33.6 Å². The van der Waals surface area contributed by atoms with Gasteiger partial charge < -0.3 is 9.88 Å². The summed E-state index contributed by atoms with van der Waals surface area (Å²) in [6.07, 6.45) is 1.88. The highest BCUT2D eigenvalue weighted by Crippen LogP contribution is 2.16. The summed E-state index contributed by atoms with van der Waals surface area (Å²) < 4.78 is 0. The molecule has 1 aromatic heterocycles. The minimum absolute atomic E-state index is 0.230. The Balaban J connectivity index is 1.94. The van der Waals surface area contributed by atoms with Crippen LogP contribution in [0.4, 0.5) is 0 Å². The number of rotatable bonds is 8. The third kappa shape index (κ3) is 4.26. The molecule has 0 saturated carbocycles. The van der Waals surface area contributed by atoms with E-state index in [1.807, 2.05) is 24.0 Å². The molecule has 0 aliphatic carbocycles. The molecule has 5 heteroatoms. The molecule has 1 N–H and O–H groups in total. The summed E-state index contributed by atoms with van der Waals surface area (Å²) in [6, 6.07) is 6.15. The lowest BCUT2D eigenvalue weighted by molar-refractivity contribution is -0.128. The Morgan fingerprint density at radius 2 is 2.18 bits per heavy atom. The van der Waals surface area contributed by atoms with Gasteiger partial charge in [0.15, 0.2) is 0 Å². The first kappa shape index (κ1) is 16.9. The number of benzene rings is 1. The van der Waals surface area contributed by atoms with Crippen LogP contribution in [0.2, 0.25) is 0 Å². The number of aryl methyl sites for hydroxylation is 1. The van der Waals surface area contributed by atoms with Crippen molar-refractivity contribution in [3.8, 4) is 0 Å². The molecule has 0 fully saturated rings. The maximum atomic E-state index is 12.2. The largest absolute Gasteiger partial charge is 0.342 e. The number of aromatic amines is 1. The molecule has 1 amide bonds. The summed E-state index contributed by atoms with van der Waals surface area (Å²) in [7, 11) is 0. The van der Waals surface area contributed by atoms with Crippen LogP contribution in [0.5, 0.6) is 0 Å². The maximum Gasteiger partial charge on any atom is 0.232 e. The van der Waals surface area contributed by atoms with Crippen LogP contribution in [-0.4, -0.2) is 45.4 Å². The van der Waals surface area contributed by atoms with E-state index >= 15 is 0 Å². The van der Waals surface area contributed by atoms with E-state index in [9.17, 15) is 4.79 Å². The highest BCUT2D eigenvalue weighted by Gasteiger charge is 2.12. The number of nitrogens with one attached hydrogen (secondary N) is 1. The average molecular weight is 319 g/mol. The summed E-state index contributed by atoms with van der Waals surface area (Å²) >= 11 is 1.72. The molecule has 2 rings (SSSR count). The molecule has 0 saturated heterocycles. The van der Waals surface area contributed by atoms with Gasteiger partial charge in [-0.3, -0.25) is 4.79 Å². The predicted molar refractivity (Wildman–Crippen MR) is 94.4 cm³/mol. The number of H-pyrrole nitrogens is 1. The van der Waals surface area contributed by atoms with Gasteiger partial charge in [-0.2, -0.15) is 11.8 Å². The van der Waals surface area contributed by atoms with Gasteiger partial charge in [0.2, 0.25) is 5.91 Å². The van der Waals surface area contributed by atoms with Crippen LogP contribution in [0.3, 0.4) is 0 Å². The Kier molecular flexibility index (Phi) is 6.31. The zero-order valence-corrected chi connectivity index (χ0v) is 14.5. The van der Waals surface area contributed by atoms with Crippen molar-refractivity contribution in [3.05, 3.63) is 29.6 Å². The fourth-order valence-corrected chi connectivity index (χ4v) is 3.23. The van der Waals surface area contributed by atoms with E-state index < -0.39 is 0 Å². The topological polar surface area (TPSA) is 49.0 Å². The number of para-hydroxylation sites is 1. The van der Waals surface area contributed by atoms with Gasteiger partial charge in [0.25, 0.3) is 0 Å². The second-order valence-electron chi connectivity index (χ2n) is 5.43. The highest BCUT2D eigenvalue weighted by molar-refractivity contribution is 7.99. The zero-order valence-electron chi connectivity index (χ0n) is 13.7. The van der Waals surface area contributed by atoms with Gasteiger partial charge in [0.1, 0.15) is 5.82 Å². The quantitative estimate of drug-likeness (QED) is 0.759. The summed E-state index contributed by atoms with van der Waals surface area (Å²) in [6.45, 7) is 7.72. The summed E-state index contributed by atoms with van der Waals surface area (Å²) in [5.74, 6) is 2.82. The van der Waals surface area contributed by atoms with E-state index in [0.29, 0.717) is 5.75 Å². The van der Waals surface area contributed by atoms with Gasteiger partial charge in [-0.15, -0.1) is 0 Å². The molecule has 22 heavy (non-hydrogen) atoms. The molecule has 0 atom stereocenters. The number of hydrogen-bond acceptors (Lipinski definition) is 3. The standard InChI is InChI=1S/C17H25N3OS/c1-4-11-22-12-16(21)20(5-2)10-9-15-18-14-8-6-7-13(3)17(14)19-15/h6-8H,4-5,9-12H2,1-3H3,(H,18,19). The zero-order chi connectivity index (χ0) is 15.9. The van der Waals surface area contributed by atoms with Crippen LogP contribution in [0.1, 0.15) is 31.7 Å². The fourth-order valence-electron chi connectivity index (χ4n) is 2.44. The van der Waals surface area contributed by atoms with E-state index in [4.69, 9.17) is 0 Å². The molecule has 0 unspecified atom stereocenters. The Labute approximate surface area is 136 Å². The Morgan fingerprint density at radius 1 is 1.36 bits per heavy atom. The number of aromatic nitrogens is 2. The van der Waals surface area contributed by atoms with Crippen LogP contribution >= 0.6 is 11.8 Å². The molecule has 120 valence electrons. The van der Waals surface area contributed by atoms with Crippen LogP contribution < -0.4 is 0 Å². The minimum Gasteiger partial charge on any atom is -0.342 e. The van der Waals surface area contributed by atoms with Gasteiger partial charge in [0.05, 0.1) is 16.8 Å². The predicted octanol–water partition coefficient (Wildman–Crippen LogP) is 3.41. The third-order valence-corrected chi connectivity index (χ3v) is 4.84. The first-order chi connectivity index (χ1) is 10.7. The first-order valence-corrected chi connectivity index (χ1v) is 9.10. The number of thioether (sulfide) groups is 1. The SMILES string of the molecule is CCCSCC(=O)N(CC)CCc1nc2c(C)cccc2[nH]1. The van der Waals surface area contributed by atoms with Gasteiger partial charge in [-0.1, -0.05) is 19.1 Å². The molecule has 1 aromatic carbocycles. The van der Waals surface area contributed by atoms with Crippen LogP contribution in [-0.2, 0) is 11.2 Å². The summed E-state index contributed by atoms with van der Waals surface area (Å²) in [4.78, 5) is 22.1. The Bertz CT molecular complexity index is 623. The van der Waals surface area contributed by atoms with Gasteiger partial charge in [-0.25, -0.2) is 4.98 Å². The number of carbonyl (C=O) groups is 1. The average Bonchev–Trinajstić information content (AvgIpc) is 2.93. The van der Waals surface area contributed by atoms with Crippen LogP contribution in [0, 0.1) is 6.92 Å². The van der Waals surface area contributed by atoms with E-state index in [1.54, 1.807) is 11.8 Å². The number of carbonyl (C=O) groups excluding carboxylic acids is 1. The minimum atomic E-state index is 0.230. The lowest BCUT2D eigenvalue weighted by atomic mass is 10.2. The van der Waals surface area contributed by atoms with Gasteiger partial charge in [0, 0.05) is 19.5 Å². The fraction of sp³-hybridized carbons (Fsp3) is 0.529. The normalized spacial score (nSPS) is 11.0. The second kappa shape index (κ2) is 8.22. The highest BCUT2D eigenvalue weighted by atomic mass is 32.2. The molecule has 4 nitrogen and oxygen atoms in total. The van der Waals surface area contributed by atoms with E-state index in [-0.39, 0.29) is 5.91 Å². The van der Waals surface area contributed by atoms with E-state index in [2.05, 4.69) is 29.9 Å². The lowest BCUT2D eigenvalue weighted by Gasteiger charge is -2.20. The number of hydrogen-bond donors (Lipinski definition) is 1. The van der Waals surface area contributed by atoms with E-state index in [1.165, 1.54) is 5.56 Å². The van der Waals surface area contributed by atoms with Gasteiger partial charge >= 0.3 is 0 Å². The lowest BCUT2D eigenvalue weighted by Crippen LogP contribution is -2.34. The maximum absolute atomic E-state index is 12.2. The molecule has 2 aromatic rings. The van der Waals surface area contributed by atoms with Crippen molar-refractivity contribution in [2.75, 3.05) is 24.6 Å². The number of likely N-dealkylation sites (N-methyl/N-ethyl adjacent to an activating group) is 1. The van der Waals surface area contributed by atoms with Crippen LogP contribution in [0.15, 0.2) is 18.2 Å².